The van der Waals surface area contributed by atoms with E-state index < -0.39 is 0 Å². The lowest BCUT2D eigenvalue weighted by molar-refractivity contribution is -0.00805. The molecule has 1 atom stereocenters. The maximum Gasteiger partial charge on any atom is 0.194 e. The number of ether oxygens (including phenoxy) is 1. The molecule has 0 amide bonds. The molecular weight excluding hydrogens is 376 g/mol. The van der Waals surface area contributed by atoms with E-state index in [1.54, 1.807) is 0 Å². The van der Waals surface area contributed by atoms with Gasteiger partial charge in [0.1, 0.15) is 6.10 Å². The molecule has 4 rings (SSSR count). The molecule has 1 fully saturated rings. The Balaban J connectivity index is 1.49. The first-order chi connectivity index (χ1) is 14.7. The van der Waals surface area contributed by atoms with E-state index >= 15 is 0 Å². The molecule has 30 heavy (non-hydrogen) atoms. The number of guanidine groups is 1. The van der Waals surface area contributed by atoms with Crippen LogP contribution in [-0.4, -0.2) is 51.9 Å². The van der Waals surface area contributed by atoms with Gasteiger partial charge >= 0.3 is 0 Å². The molecule has 156 valence electrons. The SMILES string of the molecule is CCNC(=NCc1cccc(-c2ccccn2)c1)N1CCOC(c2cnn(C)c2)C1. The van der Waals surface area contributed by atoms with Gasteiger partial charge in [0.15, 0.2) is 5.96 Å². The van der Waals surface area contributed by atoms with E-state index in [9.17, 15) is 0 Å². The second-order valence-corrected chi connectivity index (χ2v) is 7.34. The molecule has 1 aliphatic rings. The summed E-state index contributed by atoms with van der Waals surface area (Å²) in [7, 11) is 1.93. The van der Waals surface area contributed by atoms with Gasteiger partial charge in [-0.15, -0.1) is 0 Å². The summed E-state index contributed by atoms with van der Waals surface area (Å²) in [4.78, 5) is 11.6. The largest absolute Gasteiger partial charge is 0.370 e. The number of rotatable bonds is 5. The molecule has 3 aromatic rings. The molecule has 1 saturated heterocycles. The van der Waals surface area contributed by atoms with Crippen LogP contribution in [0, 0.1) is 0 Å². The van der Waals surface area contributed by atoms with Crippen LogP contribution in [0.1, 0.15) is 24.2 Å². The van der Waals surface area contributed by atoms with E-state index in [4.69, 9.17) is 9.73 Å². The predicted octanol–water partition coefficient (Wildman–Crippen LogP) is 3.02. The number of morpholine rings is 1. The minimum atomic E-state index is 0.00351. The molecule has 7 heteroatoms. The van der Waals surface area contributed by atoms with Crippen LogP contribution in [0.15, 0.2) is 66.0 Å². The molecule has 1 aromatic carbocycles. The van der Waals surface area contributed by atoms with Gasteiger partial charge in [-0.3, -0.25) is 9.67 Å². The number of aryl methyl sites for hydroxylation is 1. The monoisotopic (exact) mass is 404 g/mol. The molecule has 0 spiro atoms. The van der Waals surface area contributed by atoms with E-state index in [1.807, 2.05) is 48.5 Å². The Labute approximate surface area is 177 Å². The van der Waals surface area contributed by atoms with Crippen LogP contribution in [0.3, 0.4) is 0 Å². The fraction of sp³-hybridized carbons (Fsp3) is 0.348. The highest BCUT2D eigenvalue weighted by Gasteiger charge is 2.25. The van der Waals surface area contributed by atoms with Gasteiger partial charge in [-0.1, -0.05) is 24.3 Å². The molecule has 2 aromatic heterocycles. The van der Waals surface area contributed by atoms with E-state index in [-0.39, 0.29) is 6.10 Å². The van der Waals surface area contributed by atoms with Crippen molar-refractivity contribution in [3.8, 4) is 11.3 Å². The third kappa shape index (κ3) is 4.86. The van der Waals surface area contributed by atoms with E-state index in [1.165, 1.54) is 0 Å². The van der Waals surface area contributed by atoms with Crippen LogP contribution in [0.25, 0.3) is 11.3 Å². The lowest BCUT2D eigenvalue weighted by Gasteiger charge is -2.34. The Morgan fingerprint density at radius 2 is 2.20 bits per heavy atom. The van der Waals surface area contributed by atoms with Crippen LogP contribution in [0.5, 0.6) is 0 Å². The number of aromatic nitrogens is 3. The lowest BCUT2D eigenvalue weighted by Crippen LogP contribution is -2.48. The zero-order chi connectivity index (χ0) is 20.8. The van der Waals surface area contributed by atoms with Gasteiger partial charge in [-0.25, -0.2) is 4.99 Å². The number of nitrogens with zero attached hydrogens (tertiary/aromatic N) is 5. The highest BCUT2D eigenvalue weighted by atomic mass is 16.5. The van der Waals surface area contributed by atoms with Gasteiger partial charge in [0.25, 0.3) is 0 Å². The van der Waals surface area contributed by atoms with Crippen molar-refractivity contribution in [3.63, 3.8) is 0 Å². The first-order valence-electron chi connectivity index (χ1n) is 10.4. The minimum absolute atomic E-state index is 0.00351. The highest BCUT2D eigenvalue weighted by Crippen LogP contribution is 2.22. The van der Waals surface area contributed by atoms with Crippen LogP contribution < -0.4 is 5.32 Å². The molecule has 0 aliphatic carbocycles. The summed E-state index contributed by atoms with van der Waals surface area (Å²) < 4.78 is 7.79. The third-order valence-electron chi connectivity index (χ3n) is 5.10. The molecule has 0 bridgehead atoms. The Bertz CT molecular complexity index is 984. The van der Waals surface area contributed by atoms with Crippen molar-refractivity contribution in [3.05, 3.63) is 72.2 Å². The number of hydrogen-bond donors (Lipinski definition) is 1. The summed E-state index contributed by atoms with van der Waals surface area (Å²) in [6, 6.07) is 14.4. The molecule has 1 N–H and O–H groups in total. The Hall–Kier alpha value is -3.19. The highest BCUT2D eigenvalue weighted by molar-refractivity contribution is 5.80. The van der Waals surface area contributed by atoms with E-state index in [0.29, 0.717) is 13.2 Å². The summed E-state index contributed by atoms with van der Waals surface area (Å²) in [5, 5.41) is 7.71. The smallest absolute Gasteiger partial charge is 0.194 e. The second kappa shape index (κ2) is 9.54. The Morgan fingerprint density at radius 1 is 1.27 bits per heavy atom. The third-order valence-corrected chi connectivity index (χ3v) is 5.10. The average molecular weight is 405 g/mol. The van der Waals surface area contributed by atoms with Crippen LogP contribution in [0.2, 0.25) is 0 Å². The minimum Gasteiger partial charge on any atom is -0.370 e. The number of pyridine rings is 1. The van der Waals surface area contributed by atoms with Crippen molar-refractivity contribution in [2.75, 3.05) is 26.2 Å². The molecule has 0 saturated carbocycles. The number of hydrogen-bond acceptors (Lipinski definition) is 4. The van der Waals surface area contributed by atoms with Gasteiger partial charge in [0.2, 0.25) is 0 Å². The van der Waals surface area contributed by atoms with Gasteiger partial charge in [0.05, 0.1) is 31.6 Å². The molecule has 1 aliphatic heterocycles. The van der Waals surface area contributed by atoms with Gasteiger partial charge in [-0.2, -0.15) is 5.10 Å². The van der Waals surface area contributed by atoms with Crippen LogP contribution in [0.4, 0.5) is 0 Å². The predicted molar refractivity (Wildman–Crippen MR) is 118 cm³/mol. The number of benzene rings is 1. The molecule has 1 unspecified atom stereocenters. The number of nitrogens with one attached hydrogen (secondary N) is 1. The summed E-state index contributed by atoms with van der Waals surface area (Å²) in [5.41, 5.74) is 4.34. The average Bonchev–Trinajstić information content (AvgIpc) is 3.24. The summed E-state index contributed by atoms with van der Waals surface area (Å²) in [6.45, 7) is 5.76. The maximum atomic E-state index is 5.98. The van der Waals surface area contributed by atoms with Crippen LogP contribution in [-0.2, 0) is 18.3 Å². The van der Waals surface area contributed by atoms with Crippen molar-refractivity contribution >= 4 is 5.96 Å². The van der Waals surface area contributed by atoms with E-state index in [0.717, 1.165) is 48.0 Å². The van der Waals surface area contributed by atoms with Crippen molar-refractivity contribution in [1.29, 1.82) is 0 Å². The number of aliphatic imine (C=N–C) groups is 1. The van der Waals surface area contributed by atoms with Gasteiger partial charge in [-0.05, 0) is 30.7 Å². The van der Waals surface area contributed by atoms with Gasteiger partial charge < -0.3 is 15.0 Å². The van der Waals surface area contributed by atoms with Crippen LogP contribution >= 0.6 is 0 Å². The van der Waals surface area contributed by atoms with E-state index in [2.05, 4.69) is 51.5 Å². The second-order valence-electron chi connectivity index (χ2n) is 7.34. The first kappa shape index (κ1) is 20.1. The van der Waals surface area contributed by atoms with Crippen molar-refractivity contribution in [2.24, 2.45) is 12.0 Å². The Kier molecular flexibility index (Phi) is 6.39. The fourth-order valence-corrected chi connectivity index (χ4v) is 3.60. The fourth-order valence-electron chi connectivity index (χ4n) is 3.60. The Morgan fingerprint density at radius 3 is 2.97 bits per heavy atom. The summed E-state index contributed by atoms with van der Waals surface area (Å²) in [6.07, 6.45) is 5.72. The molecule has 7 nitrogen and oxygen atoms in total. The molecular formula is C23H28N6O. The quantitative estimate of drug-likeness (QED) is 0.523. The van der Waals surface area contributed by atoms with Crippen molar-refractivity contribution < 1.29 is 4.74 Å². The molecule has 0 radical (unpaired) electrons. The maximum absolute atomic E-state index is 5.98. The van der Waals surface area contributed by atoms with Gasteiger partial charge in [0, 0.05) is 43.7 Å². The molecule has 3 heterocycles. The topological polar surface area (TPSA) is 67.6 Å². The normalized spacial score (nSPS) is 17.2. The van der Waals surface area contributed by atoms with Crippen molar-refractivity contribution in [1.82, 2.24) is 25.0 Å². The zero-order valence-electron chi connectivity index (χ0n) is 17.5. The summed E-state index contributed by atoms with van der Waals surface area (Å²) in [5.74, 6) is 0.915. The lowest BCUT2D eigenvalue weighted by atomic mass is 10.1. The zero-order valence-corrected chi connectivity index (χ0v) is 17.5. The summed E-state index contributed by atoms with van der Waals surface area (Å²) >= 11 is 0. The van der Waals surface area contributed by atoms with Crippen molar-refractivity contribution in [2.45, 2.75) is 19.6 Å². The standard InChI is InChI=1S/C23H28N6O/c1-3-24-23(29-11-12-30-22(17-29)20-15-27-28(2)16-20)26-14-18-7-6-8-19(13-18)21-9-4-5-10-25-21/h4-10,13,15-16,22H,3,11-12,14,17H2,1-2H3,(H,24,26). The first-order valence-corrected chi connectivity index (χ1v) is 10.4.